The second kappa shape index (κ2) is 7.79. The number of ether oxygens (including phenoxy) is 2. The first kappa shape index (κ1) is 17.4. The molecule has 0 radical (unpaired) electrons. The molecule has 0 aliphatic carbocycles. The number of guanidine groups is 1. The summed E-state index contributed by atoms with van der Waals surface area (Å²) in [5.41, 5.74) is 10.4. The van der Waals surface area contributed by atoms with Gasteiger partial charge in [-0.1, -0.05) is 0 Å². The highest BCUT2D eigenvalue weighted by Gasteiger charge is 2.16. The van der Waals surface area contributed by atoms with E-state index >= 15 is 0 Å². The predicted octanol–water partition coefficient (Wildman–Crippen LogP) is 0.641. The molecule has 10 heteroatoms. The lowest BCUT2D eigenvalue weighted by Crippen LogP contribution is -2.21. The fraction of sp³-hybridized carbons (Fsp3) is 0.200. The van der Waals surface area contributed by atoms with Gasteiger partial charge < -0.3 is 20.9 Å². The Morgan fingerprint density at radius 3 is 2.45 bits per heavy atom. The average Bonchev–Trinajstić information content (AvgIpc) is 2.37. The van der Waals surface area contributed by atoms with Crippen molar-refractivity contribution >= 4 is 30.3 Å². The molecule has 0 aliphatic rings. The van der Waals surface area contributed by atoms with Crippen molar-refractivity contribution in [3.05, 3.63) is 27.8 Å². The minimum absolute atomic E-state index is 0. The van der Waals surface area contributed by atoms with E-state index in [1.807, 2.05) is 0 Å². The lowest BCUT2D eigenvalue weighted by atomic mass is 10.1. The molecular formula is C10H14ClN5O4. The Morgan fingerprint density at radius 2 is 2.00 bits per heavy atom. The quantitative estimate of drug-likeness (QED) is 0.354. The molecule has 0 bridgehead atoms. The summed E-state index contributed by atoms with van der Waals surface area (Å²) in [4.78, 5) is 10.2. The Hall–Kier alpha value is -2.55. The second-order valence-electron chi connectivity index (χ2n) is 3.30. The summed E-state index contributed by atoms with van der Waals surface area (Å²) in [5.74, 6) is 0.276. The lowest BCUT2D eigenvalue weighted by Gasteiger charge is -2.09. The fourth-order valence-corrected chi connectivity index (χ4v) is 1.34. The van der Waals surface area contributed by atoms with Gasteiger partial charge in [0.15, 0.2) is 11.5 Å². The number of halogens is 1. The van der Waals surface area contributed by atoms with Gasteiger partial charge in [-0.15, -0.1) is 17.5 Å². The van der Waals surface area contributed by atoms with E-state index in [1.165, 1.54) is 32.6 Å². The van der Waals surface area contributed by atoms with Crippen LogP contribution in [0.1, 0.15) is 5.56 Å². The first-order chi connectivity index (χ1) is 8.99. The summed E-state index contributed by atoms with van der Waals surface area (Å²) in [6, 6.07) is 2.52. The molecule has 0 saturated carbocycles. The van der Waals surface area contributed by atoms with Gasteiger partial charge in [-0.05, 0) is 0 Å². The Kier molecular flexibility index (Phi) is 6.80. The number of nitro benzene ring substituents is 1. The number of hydrogen-bond donors (Lipinski definition) is 2. The average molecular weight is 304 g/mol. The first-order valence-electron chi connectivity index (χ1n) is 5.02. The highest BCUT2D eigenvalue weighted by atomic mass is 35.5. The van der Waals surface area contributed by atoms with Crippen LogP contribution in [0.25, 0.3) is 0 Å². The second-order valence-corrected chi connectivity index (χ2v) is 3.30. The van der Waals surface area contributed by atoms with Gasteiger partial charge in [-0.25, -0.2) is 0 Å². The topological polar surface area (TPSA) is 138 Å². The van der Waals surface area contributed by atoms with E-state index in [1.54, 1.807) is 0 Å². The number of methoxy groups -OCH3 is 2. The highest BCUT2D eigenvalue weighted by molar-refractivity contribution is 5.87. The van der Waals surface area contributed by atoms with Crippen molar-refractivity contribution in [2.75, 3.05) is 14.2 Å². The first-order valence-corrected chi connectivity index (χ1v) is 5.02. The van der Waals surface area contributed by atoms with Gasteiger partial charge in [0, 0.05) is 11.6 Å². The van der Waals surface area contributed by atoms with Crippen molar-refractivity contribution < 1.29 is 14.4 Å². The zero-order valence-electron chi connectivity index (χ0n) is 10.8. The van der Waals surface area contributed by atoms with Gasteiger partial charge in [0.2, 0.25) is 5.96 Å². The van der Waals surface area contributed by atoms with Crippen molar-refractivity contribution in [2.24, 2.45) is 21.7 Å². The highest BCUT2D eigenvalue weighted by Crippen LogP contribution is 2.34. The third-order valence-corrected chi connectivity index (χ3v) is 2.07. The summed E-state index contributed by atoms with van der Waals surface area (Å²) in [6.07, 6.45) is 1.23. The van der Waals surface area contributed by atoms with Gasteiger partial charge in [-0.3, -0.25) is 10.1 Å². The van der Waals surface area contributed by atoms with Gasteiger partial charge in [0.1, 0.15) is 0 Å². The maximum atomic E-state index is 10.8. The van der Waals surface area contributed by atoms with Crippen LogP contribution >= 0.6 is 12.4 Å². The van der Waals surface area contributed by atoms with Gasteiger partial charge in [0.05, 0.1) is 31.4 Å². The van der Waals surface area contributed by atoms with Gasteiger partial charge >= 0.3 is 0 Å². The van der Waals surface area contributed by atoms with Crippen molar-refractivity contribution in [1.82, 2.24) is 0 Å². The van der Waals surface area contributed by atoms with Gasteiger partial charge in [0.25, 0.3) is 5.69 Å². The van der Waals surface area contributed by atoms with Gasteiger partial charge in [-0.2, -0.15) is 5.10 Å². The SMILES string of the molecule is COc1cc([N+](=O)[O-])cc(C=NN=C(N)N)c1OC.Cl. The largest absolute Gasteiger partial charge is 0.493 e. The molecule has 110 valence electrons. The Bertz CT molecular complexity index is 543. The van der Waals surface area contributed by atoms with Crippen molar-refractivity contribution in [2.45, 2.75) is 0 Å². The van der Waals surface area contributed by atoms with Crippen LogP contribution in [0.15, 0.2) is 22.3 Å². The maximum absolute atomic E-state index is 10.8. The van der Waals surface area contributed by atoms with E-state index < -0.39 is 4.92 Å². The number of nitrogens with two attached hydrogens (primary N) is 2. The molecule has 1 rings (SSSR count). The summed E-state index contributed by atoms with van der Waals surface area (Å²) in [6.45, 7) is 0. The summed E-state index contributed by atoms with van der Waals surface area (Å²) < 4.78 is 10.1. The Morgan fingerprint density at radius 1 is 1.35 bits per heavy atom. The van der Waals surface area contributed by atoms with E-state index in [4.69, 9.17) is 20.9 Å². The number of nitrogens with zero attached hydrogens (tertiary/aromatic N) is 3. The molecule has 20 heavy (non-hydrogen) atoms. The monoisotopic (exact) mass is 303 g/mol. The van der Waals surface area contributed by atoms with E-state index in [0.717, 1.165) is 0 Å². The minimum atomic E-state index is -0.556. The molecule has 0 unspecified atom stereocenters. The van der Waals surface area contributed by atoms with Crippen molar-refractivity contribution in [3.63, 3.8) is 0 Å². The van der Waals surface area contributed by atoms with E-state index in [0.29, 0.717) is 11.3 Å². The number of rotatable bonds is 5. The number of hydrogen-bond acceptors (Lipinski definition) is 6. The normalized spacial score (nSPS) is 9.70. The van der Waals surface area contributed by atoms with Crippen LogP contribution in [0.3, 0.4) is 0 Å². The lowest BCUT2D eigenvalue weighted by molar-refractivity contribution is -0.385. The number of benzene rings is 1. The molecule has 1 aromatic rings. The molecule has 0 aromatic heterocycles. The molecule has 0 heterocycles. The third kappa shape index (κ3) is 4.28. The summed E-state index contributed by atoms with van der Waals surface area (Å²) in [7, 11) is 2.78. The number of non-ortho nitro benzene ring substituents is 1. The minimum Gasteiger partial charge on any atom is -0.493 e. The standard InChI is InChI=1S/C10H13N5O4.ClH/c1-18-8-4-7(15(16)17)3-6(9(8)19-2)5-13-14-10(11)12;/h3-5H,1-2H3,(H4,11,12,14);1H. The van der Waals surface area contributed by atoms with E-state index in [-0.39, 0.29) is 29.8 Å². The van der Waals surface area contributed by atoms with Crippen LogP contribution in [0, 0.1) is 10.1 Å². The molecule has 0 atom stereocenters. The molecular weight excluding hydrogens is 290 g/mol. The van der Waals surface area contributed by atoms with Crippen LogP contribution < -0.4 is 20.9 Å². The Balaban J connectivity index is 0.00000361. The zero-order chi connectivity index (χ0) is 14.4. The Labute approximate surface area is 120 Å². The molecule has 0 saturated heterocycles. The molecule has 0 amide bonds. The van der Waals surface area contributed by atoms with Crippen LogP contribution in [-0.4, -0.2) is 31.3 Å². The van der Waals surface area contributed by atoms with Crippen LogP contribution in [0.4, 0.5) is 5.69 Å². The molecule has 4 N–H and O–H groups in total. The smallest absolute Gasteiger partial charge is 0.274 e. The molecule has 1 aromatic carbocycles. The fourth-order valence-electron chi connectivity index (χ4n) is 1.34. The van der Waals surface area contributed by atoms with E-state index in [9.17, 15) is 10.1 Å². The van der Waals surface area contributed by atoms with Crippen molar-refractivity contribution in [1.29, 1.82) is 0 Å². The van der Waals surface area contributed by atoms with Crippen LogP contribution in [0.5, 0.6) is 11.5 Å². The molecule has 0 spiro atoms. The van der Waals surface area contributed by atoms with Crippen molar-refractivity contribution in [3.8, 4) is 11.5 Å². The molecule has 0 fully saturated rings. The predicted molar refractivity (Wildman–Crippen MR) is 76.9 cm³/mol. The number of nitro groups is 1. The van der Waals surface area contributed by atoms with Crippen LogP contribution in [-0.2, 0) is 0 Å². The summed E-state index contributed by atoms with van der Waals surface area (Å²) in [5, 5.41) is 17.8. The van der Waals surface area contributed by atoms with Crippen LogP contribution in [0.2, 0.25) is 0 Å². The molecule has 9 nitrogen and oxygen atoms in total. The zero-order valence-corrected chi connectivity index (χ0v) is 11.6. The molecule has 0 aliphatic heterocycles. The maximum Gasteiger partial charge on any atom is 0.274 e. The van der Waals surface area contributed by atoms with E-state index in [2.05, 4.69) is 10.2 Å². The third-order valence-electron chi connectivity index (χ3n) is 2.07. The summed E-state index contributed by atoms with van der Waals surface area (Å²) >= 11 is 0.